The van der Waals surface area contributed by atoms with Crippen LogP contribution in [0, 0.1) is 0 Å². The minimum Gasteiger partial charge on any atom is -0.466 e. The van der Waals surface area contributed by atoms with Gasteiger partial charge in [-0.3, -0.25) is 9.69 Å². The summed E-state index contributed by atoms with van der Waals surface area (Å²) in [7, 11) is 1.35. The largest absolute Gasteiger partial charge is 0.466 e. The van der Waals surface area contributed by atoms with Crippen LogP contribution in [0.15, 0.2) is 35.9 Å². The molecule has 0 aliphatic carbocycles. The van der Waals surface area contributed by atoms with Crippen molar-refractivity contribution < 1.29 is 19.1 Å². The van der Waals surface area contributed by atoms with Gasteiger partial charge in [0.1, 0.15) is 6.10 Å². The monoisotopic (exact) mass is 351 g/mol. The van der Waals surface area contributed by atoms with Crippen LogP contribution in [0.3, 0.4) is 0 Å². The second kappa shape index (κ2) is 8.85. The Morgan fingerprint density at radius 3 is 2.42 bits per heavy atom. The molecule has 24 heavy (non-hydrogen) atoms. The predicted octanol–water partition coefficient (Wildman–Crippen LogP) is 3.14. The molecule has 1 saturated heterocycles. The van der Waals surface area contributed by atoms with E-state index < -0.39 is 18.0 Å². The van der Waals surface area contributed by atoms with Gasteiger partial charge in [0.2, 0.25) is 0 Å². The van der Waals surface area contributed by atoms with Crippen LogP contribution in [-0.4, -0.2) is 43.6 Å². The molecule has 1 aliphatic heterocycles. The van der Waals surface area contributed by atoms with E-state index in [1.165, 1.54) is 14.0 Å². The van der Waals surface area contributed by atoms with Crippen molar-refractivity contribution >= 4 is 23.5 Å². The van der Waals surface area contributed by atoms with E-state index in [0.29, 0.717) is 17.1 Å². The van der Waals surface area contributed by atoms with E-state index in [0.717, 1.165) is 31.5 Å². The van der Waals surface area contributed by atoms with Crippen LogP contribution in [-0.2, 0) is 19.1 Å². The lowest BCUT2D eigenvalue weighted by molar-refractivity contribution is -0.145. The summed E-state index contributed by atoms with van der Waals surface area (Å²) in [5.41, 5.74) is 1.23. The summed E-state index contributed by atoms with van der Waals surface area (Å²) in [6.07, 6.45) is 3.25. The molecule has 1 heterocycles. The Morgan fingerprint density at radius 1 is 1.25 bits per heavy atom. The van der Waals surface area contributed by atoms with Gasteiger partial charge in [-0.1, -0.05) is 23.7 Å². The summed E-state index contributed by atoms with van der Waals surface area (Å²) in [5.74, 6) is -0.829. The van der Waals surface area contributed by atoms with Gasteiger partial charge in [-0.2, -0.15) is 0 Å². The fourth-order valence-corrected chi connectivity index (χ4v) is 2.84. The second-order valence-corrected chi connectivity index (χ2v) is 6.18. The highest BCUT2D eigenvalue weighted by molar-refractivity contribution is 6.30. The highest BCUT2D eigenvalue weighted by Crippen LogP contribution is 2.24. The number of rotatable bonds is 6. The van der Waals surface area contributed by atoms with Crippen molar-refractivity contribution in [3.8, 4) is 0 Å². The Hall–Kier alpha value is -1.85. The van der Waals surface area contributed by atoms with E-state index in [2.05, 4.69) is 4.90 Å². The van der Waals surface area contributed by atoms with Crippen molar-refractivity contribution in [2.45, 2.75) is 25.9 Å². The van der Waals surface area contributed by atoms with Gasteiger partial charge in [0, 0.05) is 18.5 Å². The Bertz CT molecular complexity index is 606. The van der Waals surface area contributed by atoms with Crippen molar-refractivity contribution in [3.63, 3.8) is 0 Å². The molecule has 130 valence electrons. The fourth-order valence-electron chi connectivity index (χ4n) is 2.71. The zero-order valence-electron chi connectivity index (χ0n) is 14.0. The van der Waals surface area contributed by atoms with Crippen LogP contribution < -0.4 is 0 Å². The lowest BCUT2D eigenvalue weighted by atomic mass is 10.1. The highest BCUT2D eigenvalue weighted by Gasteiger charge is 2.21. The first-order chi connectivity index (χ1) is 11.5. The normalized spacial score (nSPS) is 16.7. The van der Waals surface area contributed by atoms with Gasteiger partial charge < -0.3 is 9.47 Å². The van der Waals surface area contributed by atoms with E-state index in [4.69, 9.17) is 21.1 Å². The molecule has 0 aromatic heterocycles. The van der Waals surface area contributed by atoms with Crippen LogP contribution in [0.2, 0.25) is 5.02 Å². The van der Waals surface area contributed by atoms with Crippen molar-refractivity contribution in [1.82, 2.24) is 4.90 Å². The number of methoxy groups -OCH3 is 1. The first kappa shape index (κ1) is 18.5. The third-order valence-electron chi connectivity index (χ3n) is 3.88. The van der Waals surface area contributed by atoms with Gasteiger partial charge in [-0.25, -0.2) is 4.79 Å². The van der Waals surface area contributed by atoms with Gasteiger partial charge in [0.25, 0.3) is 0 Å². The number of ether oxygens (including phenoxy) is 2. The van der Waals surface area contributed by atoms with E-state index >= 15 is 0 Å². The Labute approximate surface area is 147 Å². The van der Waals surface area contributed by atoms with Crippen molar-refractivity contribution in [3.05, 3.63) is 46.5 Å². The van der Waals surface area contributed by atoms with E-state index in [9.17, 15) is 9.59 Å². The van der Waals surface area contributed by atoms with Gasteiger partial charge in [0.15, 0.2) is 0 Å². The Balaban J connectivity index is 2.28. The number of hydrogen-bond donors (Lipinski definition) is 0. The van der Waals surface area contributed by atoms with Crippen LogP contribution in [0.4, 0.5) is 0 Å². The second-order valence-electron chi connectivity index (χ2n) is 5.75. The molecule has 1 aromatic rings. The lowest BCUT2D eigenvalue weighted by Gasteiger charge is -2.19. The summed E-state index contributed by atoms with van der Waals surface area (Å²) in [6, 6.07) is 6.99. The maximum absolute atomic E-state index is 12.1. The summed E-state index contributed by atoms with van der Waals surface area (Å²) in [5, 5.41) is 0.592. The van der Waals surface area contributed by atoms with Crippen LogP contribution in [0.1, 0.15) is 31.4 Å². The fraction of sp³-hybridized carbons (Fsp3) is 0.444. The zero-order chi connectivity index (χ0) is 17.5. The number of hydrogen-bond acceptors (Lipinski definition) is 5. The average molecular weight is 352 g/mol. The zero-order valence-corrected chi connectivity index (χ0v) is 14.7. The molecule has 0 radical (unpaired) electrons. The van der Waals surface area contributed by atoms with Gasteiger partial charge in [-0.15, -0.1) is 0 Å². The summed E-state index contributed by atoms with van der Waals surface area (Å²) in [6.45, 7) is 3.73. The molecule has 0 amide bonds. The molecule has 1 aliphatic rings. The highest BCUT2D eigenvalue weighted by atomic mass is 35.5. The smallest absolute Gasteiger partial charge is 0.334 e. The maximum atomic E-state index is 12.1. The minimum atomic E-state index is -0.656. The number of likely N-dealkylation sites (tertiary alicyclic amines) is 1. The van der Waals surface area contributed by atoms with Gasteiger partial charge >= 0.3 is 11.9 Å². The molecule has 1 unspecified atom stereocenters. The number of carbonyl (C=O) groups excluding carboxylic acids is 2. The summed E-state index contributed by atoms with van der Waals surface area (Å²) in [4.78, 5) is 25.8. The van der Waals surface area contributed by atoms with Crippen molar-refractivity contribution in [1.29, 1.82) is 0 Å². The molecule has 6 heteroatoms. The Kier molecular flexibility index (Phi) is 6.82. The molecular weight excluding hydrogens is 330 g/mol. The average Bonchev–Trinajstić information content (AvgIpc) is 3.06. The molecule has 1 atom stereocenters. The quantitative estimate of drug-likeness (QED) is 0.582. The topological polar surface area (TPSA) is 55.8 Å². The number of nitrogens with zero attached hydrogens (tertiary/aromatic N) is 1. The molecule has 5 nitrogen and oxygen atoms in total. The predicted molar refractivity (Wildman–Crippen MR) is 91.7 cm³/mol. The molecular formula is C18H22ClNO4. The first-order valence-electron chi connectivity index (χ1n) is 7.93. The third-order valence-corrected chi connectivity index (χ3v) is 4.14. The molecule has 1 aromatic carbocycles. The third kappa shape index (κ3) is 5.35. The lowest BCUT2D eigenvalue weighted by Crippen LogP contribution is -2.26. The van der Waals surface area contributed by atoms with Crippen LogP contribution in [0.25, 0.3) is 0 Å². The number of benzene rings is 1. The van der Waals surface area contributed by atoms with Crippen molar-refractivity contribution in [2.24, 2.45) is 0 Å². The number of carbonyl (C=O) groups is 2. The number of halogens is 1. The van der Waals surface area contributed by atoms with Crippen LogP contribution in [0.5, 0.6) is 0 Å². The van der Waals surface area contributed by atoms with Gasteiger partial charge in [0.05, 0.1) is 12.7 Å². The number of esters is 2. The van der Waals surface area contributed by atoms with Crippen molar-refractivity contribution in [2.75, 3.05) is 26.7 Å². The summed E-state index contributed by atoms with van der Waals surface area (Å²) < 4.78 is 10.3. The van der Waals surface area contributed by atoms with E-state index in [1.807, 2.05) is 0 Å². The molecule has 0 saturated carbocycles. The van der Waals surface area contributed by atoms with E-state index in [1.54, 1.807) is 30.3 Å². The Morgan fingerprint density at radius 2 is 1.88 bits per heavy atom. The maximum Gasteiger partial charge on any atom is 0.334 e. The molecule has 0 bridgehead atoms. The van der Waals surface area contributed by atoms with Crippen LogP contribution >= 0.6 is 11.6 Å². The standard InChI is InChI=1S/C18H22ClNO4/c1-13(21)24-17(14-5-7-16(19)8-6-14)11-15(18(22)23-2)12-20-9-3-4-10-20/h5-8,11,17H,3-4,9-10,12H2,1-2H3/b15-11+. The first-order valence-corrected chi connectivity index (χ1v) is 8.31. The SMILES string of the molecule is COC(=O)/C(=C/C(OC(C)=O)c1ccc(Cl)cc1)CN1CCCC1. The molecule has 1 fully saturated rings. The summed E-state index contributed by atoms with van der Waals surface area (Å²) >= 11 is 5.91. The molecule has 0 spiro atoms. The minimum absolute atomic E-state index is 0.409. The molecule has 0 N–H and O–H groups in total. The molecule has 2 rings (SSSR count). The van der Waals surface area contributed by atoms with Gasteiger partial charge in [-0.05, 0) is 49.7 Å². The van der Waals surface area contributed by atoms with E-state index in [-0.39, 0.29) is 0 Å².